The van der Waals surface area contributed by atoms with Crippen molar-refractivity contribution in [3.8, 4) is 0 Å². The lowest BCUT2D eigenvalue weighted by atomic mass is 10.0. The molecular formula is C29H32Cl2N2O2S. The summed E-state index contributed by atoms with van der Waals surface area (Å²) in [5, 5.41) is 4.35. The van der Waals surface area contributed by atoms with Gasteiger partial charge in [0.25, 0.3) is 0 Å². The minimum absolute atomic E-state index is 0.114. The smallest absolute Gasteiger partial charge is 0.243 e. The molecule has 0 radical (unpaired) electrons. The van der Waals surface area contributed by atoms with Gasteiger partial charge < -0.3 is 10.2 Å². The van der Waals surface area contributed by atoms with E-state index in [4.69, 9.17) is 23.2 Å². The first-order valence-corrected chi connectivity index (χ1v) is 13.7. The number of hydrogen-bond donors (Lipinski definition) is 1. The maximum absolute atomic E-state index is 13.7. The van der Waals surface area contributed by atoms with E-state index in [1.54, 1.807) is 11.0 Å². The fraction of sp³-hybridized carbons (Fsp3) is 0.310. The second-order valence-corrected chi connectivity index (χ2v) is 11.5. The topological polar surface area (TPSA) is 49.4 Å². The second-order valence-electron chi connectivity index (χ2n) is 9.68. The number of carbonyl (C=O) groups excluding carboxylic acids is 2. The van der Waals surface area contributed by atoms with Gasteiger partial charge in [-0.3, -0.25) is 9.59 Å². The normalized spacial score (nSPS) is 12.1. The highest BCUT2D eigenvalue weighted by Gasteiger charge is 2.32. The molecule has 190 valence electrons. The monoisotopic (exact) mass is 542 g/mol. The molecule has 0 unspecified atom stereocenters. The summed E-state index contributed by atoms with van der Waals surface area (Å²) in [6.45, 7) is 6.09. The summed E-state index contributed by atoms with van der Waals surface area (Å²) in [4.78, 5) is 28.9. The van der Waals surface area contributed by atoms with Crippen LogP contribution in [0, 0.1) is 0 Å². The lowest BCUT2D eigenvalue weighted by molar-refractivity contribution is -0.140. The van der Waals surface area contributed by atoms with Gasteiger partial charge in [0.15, 0.2) is 0 Å². The average Bonchev–Trinajstić information content (AvgIpc) is 2.82. The molecule has 4 nitrogen and oxygen atoms in total. The number of thioether (sulfide) groups is 1. The zero-order chi connectivity index (χ0) is 26.1. The van der Waals surface area contributed by atoms with Crippen LogP contribution in [0.15, 0.2) is 78.9 Å². The van der Waals surface area contributed by atoms with Crippen molar-refractivity contribution in [2.75, 3.05) is 5.75 Å². The molecule has 7 heteroatoms. The summed E-state index contributed by atoms with van der Waals surface area (Å²) >= 11 is 14.0. The standard InChI is InChI=1S/C29H32Cl2N2O2S/c1-29(2,3)32-28(35)26(17-21-10-5-4-6-11-21)33(18-22-12-9-14-24(30)16-22)27(34)20-36-19-23-13-7-8-15-25(23)31/h4-16,26H,17-20H2,1-3H3,(H,32,35)/t26-/m0/s1. The number of amides is 2. The number of nitrogens with zero attached hydrogens (tertiary/aromatic N) is 1. The molecule has 3 rings (SSSR count). The third-order valence-electron chi connectivity index (χ3n) is 5.45. The lowest BCUT2D eigenvalue weighted by Crippen LogP contribution is -2.54. The number of benzene rings is 3. The first-order valence-electron chi connectivity index (χ1n) is 11.8. The van der Waals surface area contributed by atoms with Crippen LogP contribution in [-0.4, -0.2) is 34.0 Å². The molecule has 0 saturated carbocycles. The molecule has 1 atom stereocenters. The first-order chi connectivity index (χ1) is 17.1. The maximum atomic E-state index is 13.7. The number of halogens is 2. The average molecular weight is 544 g/mol. The van der Waals surface area contributed by atoms with Gasteiger partial charge in [-0.05, 0) is 55.7 Å². The molecule has 0 bridgehead atoms. The number of nitrogens with one attached hydrogen (secondary N) is 1. The van der Waals surface area contributed by atoms with E-state index >= 15 is 0 Å². The largest absolute Gasteiger partial charge is 0.350 e. The third-order valence-corrected chi connectivity index (χ3v) is 7.02. The molecule has 0 heterocycles. The molecule has 3 aromatic carbocycles. The summed E-state index contributed by atoms with van der Waals surface area (Å²) in [5.41, 5.74) is 2.40. The van der Waals surface area contributed by atoms with Crippen LogP contribution in [0.25, 0.3) is 0 Å². The fourth-order valence-corrected chi connectivity index (χ4v) is 5.19. The van der Waals surface area contributed by atoms with Gasteiger partial charge in [0, 0.05) is 34.3 Å². The van der Waals surface area contributed by atoms with E-state index in [2.05, 4.69) is 5.32 Å². The van der Waals surface area contributed by atoms with Crippen molar-refractivity contribution < 1.29 is 9.59 Å². The van der Waals surface area contributed by atoms with Crippen LogP contribution in [0.5, 0.6) is 0 Å². The quantitative estimate of drug-likeness (QED) is 0.307. The predicted octanol–water partition coefficient (Wildman–Crippen LogP) is 6.78. The third kappa shape index (κ3) is 8.88. The zero-order valence-electron chi connectivity index (χ0n) is 20.8. The van der Waals surface area contributed by atoms with Gasteiger partial charge >= 0.3 is 0 Å². The lowest BCUT2D eigenvalue weighted by Gasteiger charge is -2.34. The molecular weight excluding hydrogens is 511 g/mol. The minimum atomic E-state index is -0.681. The van der Waals surface area contributed by atoms with Gasteiger partial charge in [0.2, 0.25) is 11.8 Å². The first kappa shape index (κ1) is 28.1. The summed E-state index contributed by atoms with van der Waals surface area (Å²) in [7, 11) is 0. The molecule has 0 aliphatic rings. The highest BCUT2D eigenvalue weighted by molar-refractivity contribution is 7.99. The van der Waals surface area contributed by atoms with Gasteiger partial charge in [-0.15, -0.1) is 11.8 Å². The Morgan fingerprint density at radius 3 is 2.25 bits per heavy atom. The molecule has 3 aromatic rings. The fourth-order valence-electron chi connectivity index (χ4n) is 3.79. The Bertz CT molecular complexity index is 1170. The van der Waals surface area contributed by atoms with Crippen molar-refractivity contribution in [3.05, 3.63) is 106 Å². The van der Waals surface area contributed by atoms with Crippen LogP contribution >= 0.6 is 35.0 Å². The van der Waals surface area contributed by atoms with Gasteiger partial charge in [-0.1, -0.05) is 83.9 Å². The second kappa shape index (κ2) is 13.2. The van der Waals surface area contributed by atoms with Crippen molar-refractivity contribution in [3.63, 3.8) is 0 Å². The van der Waals surface area contributed by atoms with Crippen LogP contribution < -0.4 is 5.32 Å². The van der Waals surface area contributed by atoms with Crippen LogP contribution in [0.2, 0.25) is 10.0 Å². The van der Waals surface area contributed by atoms with Crippen molar-refractivity contribution >= 4 is 46.8 Å². The Hall–Kier alpha value is -2.47. The predicted molar refractivity (Wildman–Crippen MR) is 151 cm³/mol. The summed E-state index contributed by atoms with van der Waals surface area (Å²) < 4.78 is 0. The highest BCUT2D eigenvalue weighted by atomic mass is 35.5. The molecule has 0 spiro atoms. The Morgan fingerprint density at radius 2 is 1.58 bits per heavy atom. The Morgan fingerprint density at radius 1 is 0.917 bits per heavy atom. The summed E-state index contributed by atoms with van der Waals surface area (Å²) in [6.07, 6.45) is 0.407. The molecule has 0 aliphatic carbocycles. The minimum Gasteiger partial charge on any atom is -0.350 e. The van der Waals surface area contributed by atoms with Gasteiger partial charge in [0.1, 0.15) is 6.04 Å². The SMILES string of the molecule is CC(C)(C)NC(=O)[C@H](Cc1ccccc1)N(Cc1cccc(Cl)c1)C(=O)CSCc1ccccc1Cl. The number of hydrogen-bond acceptors (Lipinski definition) is 3. The van der Waals surface area contributed by atoms with E-state index in [9.17, 15) is 9.59 Å². The molecule has 0 fully saturated rings. The Labute approximate surface area is 228 Å². The van der Waals surface area contributed by atoms with Crippen molar-refractivity contribution in [1.29, 1.82) is 0 Å². The van der Waals surface area contributed by atoms with Crippen molar-refractivity contribution in [1.82, 2.24) is 10.2 Å². The summed E-state index contributed by atoms with van der Waals surface area (Å²) in [5.74, 6) is 0.531. The Kier molecular flexibility index (Phi) is 10.3. The number of rotatable bonds is 10. The molecule has 36 heavy (non-hydrogen) atoms. The van der Waals surface area contributed by atoms with E-state index in [0.717, 1.165) is 16.7 Å². The van der Waals surface area contributed by atoms with E-state index in [0.29, 0.717) is 22.2 Å². The van der Waals surface area contributed by atoms with Crippen LogP contribution in [0.4, 0.5) is 0 Å². The van der Waals surface area contributed by atoms with Crippen LogP contribution in [0.3, 0.4) is 0 Å². The van der Waals surface area contributed by atoms with Gasteiger partial charge in [0.05, 0.1) is 5.75 Å². The van der Waals surface area contributed by atoms with Gasteiger partial charge in [-0.25, -0.2) is 0 Å². The molecule has 1 N–H and O–H groups in total. The molecule has 0 aliphatic heterocycles. The molecule has 0 saturated heterocycles. The zero-order valence-corrected chi connectivity index (χ0v) is 23.2. The summed E-state index contributed by atoms with van der Waals surface area (Å²) in [6, 6.07) is 24.1. The molecule has 2 amide bonds. The molecule has 0 aromatic heterocycles. The van der Waals surface area contributed by atoms with E-state index in [-0.39, 0.29) is 24.1 Å². The van der Waals surface area contributed by atoms with Gasteiger partial charge in [-0.2, -0.15) is 0 Å². The van der Waals surface area contributed by atoms with E-state index < -0.39 is 11.6 Å². The van der Waals surface area contributed by atoms with Crippen LogP contribution in [0.1, 0.15) is 37.5 Å². The van der Waals surface area contributed by atoms with Crippen molar-refractivity contribution in [2.45, 2.75) is 51.1 Å². The van der Waals surface area contributed by atoms with E-state index in [1.165, 1.54) is 11.8 Å². The van der Waals surface area contributed by atoms with E-state index in [1.807, 2.05) is 93.6 Å². The maximum Gasteiger partial charge on any atom is 0.243 e. The van der Waals surface area contributed by atoms with Crippen molar-refractivity contribution in [2.24, 2.45) is 0 Å². The van der Waals surface area contributed by atoms with Crippen LogP contribution in [-0.2, 0) is 28.3 Å². The number of carbonyl (C=O) groups is 2. The highest BCUT2D eigenvalue weighted by Crippen LogP contribution is 2.23. The Balaban J connectivity index is 1.88.